The SMILES string of the molecule is Cn1ncc(C(N)=O)c1NC(=O)c1ccccc1N. The first-order chi connectivity index (χ1) is 9.00. The number of amides is 2. The molecule has 19 heavy (non-hydrogen) atoms. The molecule has 0 saturated heterocycles. The fourth-order valence-electron chi connectivity index (χ4n) is 1.64. The molecule has 0 aliphatic heterocycles. The zero-order chi connectivity index (χ0) is 14.0. The van der Waals surface area contributed by atoms with Gasteiger partial charge in [-0.25, -0.2) is 0 Å². The highest BCUT2D eigenvalue weighted by Crippen LogP contribution is 2.17. The maximum atomic E-state index is 12.1. The summed E-state index contributed by atoms with van der Waals surface area (Å²) in [5, 5.41) is 6.45. The van der Waals surface area contributed by atoms with Gasteiger partial charge in [0.05, 0.1) is 11.8 Å². The average molecular weight is 259 g/mol. The number of nitrogens with two attached hydrogens (primary N) is 2. The maximum absolute atomic E-state index is 12.1. The molecule has 7 heteroatoms. The zero-order valence-corrected chi connectivity index (χ0v) is 10.3. The van der Waals surface area contributed by atoms with Gasteiger partial charge in [-0.1, -0.05) is 12.1 Å². The van der Waals surface area contributed by atoms with E-state index in [2.05, 4.69) is 10.4 Å². The van der Waals surface area contributed by atoms with E-state index in [1.807, 2.05) is 0 Å². The van der Waals surface area contributed by atoms with Crippen molar-refractivity contribution in [2.45, 2.75) is 0 Å². The minimum atomic E-state index is -0.663. The van der Waals surface area contributed by atoms with Gasteiger partial charge in [-0.05, 0) is 12.1 Å². The van der Waals surface area contributed by atoms with E-state index in [-0.39, 0.29) is 11.4 Å². The minimum Gasteiger partial charge on any atom is -0.398 e. The van der Waals surface area contributed by atoms with E-state index in [9.17, 15) is 9.59 Å². The number of para-hydroxylation sites is 1. The van der Waals surface area contributed by atoms with Gasteiger partial charge in [-0.2, -0.15) is 5.10 Å². The number of anilines is 2. The molecule has 2 rings (SSSR count). The van der Waals surface area contributed by atoms with Crippen LogP contribution in [0.3, 0.4) is 0 Å². The van der Waals surface area contributed by atoms with Gasteiger partial charge >= 0.3 is 0 Å². The molecular formula is C12H13N5O2. The number of rotatable bonds is 3. The number of benzene rings is 1. The molecule has 5 N–H and O–H groups in total. The predicted octanol–water partition coefficient (Wildman–Crippen LogP) is 0.353. The fourth-order valence-corrected chi connectivity index (χ4v) is 1.64. The van der Waals surface area contributed by atoms with Crippen LogP contribution in [0.15, 0.2) is 30.5 Å². The van der Waals surface area contributed by atoms with Crippen molar-refractivity contribution in [1.82, 2.24) is 9.78 Å². The van der Waals surface area contributed by atoms with E-state index in [4.69, 9.17) is 11.5 Å². The van der Waals surface area contributed by atoms with Gasteiger partial charge < -0.3 is 16.8 Å². The Morgan fingerprint density at radius 1 is 1.26 bits per heavy atom. The molecule has 0 atom stereocenters. The summed E-state index contributed by atoms with van der Waals surface area (Å²) in [6.45, 7) is 0. The van der Waals surface area contributed by atoms with Crippen LogP contribution in [-0.2, 0) is 7.05 Å². The van der Waals surface area contributed by atoms with Crippen LogP contribution in [0.4, 0.5) is 11.5 Å². The number of nitrogens with zero attached hydrogens (tertiary/aromatic N) is 2. The molecule has 0 bridgehead atoms. The van der Waals surface area contributed by atoms with Crippen LogP contribution in [0.1, 0.15) is 20.7 Å². The van der Waals surface area contributed by atoms with Gasteiger partial charge in [0.15, 0.2) is 0 Å². The molecular weight excluding hydrogens is 246 g/mol. The van der Waals surface area contributed by atoms with Crippen LogP contribution in [0, 0.1) is 0 Å². The molecule has 1 aromatic heterocycles. The predicted molar refractivity (Wildman–Crippen MR) is 70.5 cm³/mol. The first-order valence-electron chi connectivity index (χ1n) is 5.48. The van der Waals surface area contributed by atoms with Gasteiger partial charge in [0.2, 0.25) is 0 Å². The second kappa shape index (κ2) is 4.81. The van der Waals surface area contributed by atoms with Crippen LogP contribution in [0.2, 0.25) is 0 Å². The van der Waals surface area contributed by atoms with Crippen LogP contribution in [0.25, 0.3) is 0 Å². The smallest absolute Gasteiger partial charge is 0.258 e. The molecule has 7 nitrogen and oxygen atoms in total. The van der Waals surface area contributed by atoms with Crippen molar-refractivity contribution < 1.29 is 9.59 Å². The lowest BCUT2D eigenvalue weighted by atomic mass is 10.1. The van der Waals surface area contributed by atoms with E-state index >= 15 is 0 Å². The fraction of sp³-hybridized carbons (Fsp3) is 0.0833. The monoisotopic (exact) mass is 259 g/mol. The van der Waals surface area contributed by atoms with Gasteiger partial charge in [0, 0.05) is 12.7 Å². The number of carbonyl (C=O) groups is 2. The molecule has 0 fully saturated rings. The Kier molecular flexibility index (Phi) is 3.19. The Bertz CT molecular complexity index is 647. The molecule has 0 aliphatic rings. The first kappa shape index (κ1) is 12.6. The number of carbonyl (C=O) groups excluding carboxylic acids is 2. The Balaban J connectivity index is 2.32. The Labute approximate surface area is 109 Å². The molecule has 0 unspecified atom stereocenters. The number of hydrogen-bond acceptors (Lipinski definition) is 4. The van der Waals surface area contributed by atoms with Crippen molar-refractivity contribution in [3.05, 3.63) is 41.6 Å². The summed E-state index contributed by atoms with van der Waals surface area (Å²) in [6, 6.07) is 6.63. The maximum Gasteiger partial charge on any atom is 0.258 e. The summed E-state index contributed by atoms with van der Waals surface area (Å²) < 4.78 is 1.36. The molecule has 1 heterocycles. The number of aromatic nitrogens is 2. The summed E-state index contributed by atoms with van der Waals surface area (Å²) in [5.41, 5.74) is 11.7. The normalized spacial score (nSPS) is 10.2. The van der Waals surface area contributed by atoms with Crippen molar-refractivity contribution in [2.24, 2.45) is 12.8 Å². The van der Waals surface area contributed by atoms with Crippen molar-refractivity contribution in [3.63, 3.8) is 0 Å². The van der Waals surface area contributed by atoms with E-state index < -0.39 is 11.8 Å². The van der Waals surface area contributed by atoms with Crippen LogP contribution in [0.5, 0.6) is 0 Å². The lowest BCUT2D eigenvalue weighted by molar-refractivity contribution is 0.100. The quantitative estimate of drug-likeness (QED) is 0.690. The van der Waals surface area contributed by atoms with Gasteiger partial charge in [0.1, 0.15) is 11.4 Å². The highest BCUT2D eigenvalue weighted by molar-refractivity contribution is 6.10. The van der Waals surface area contributed by atoms with E-state index in [1.165, 1.54) is 10.9 Å². The number of primary amides is 1. The third-order valence-corrected chi connectivity index (χ3v) is 2.64. The summed E-state index contributed by atoms with van der Waals surface area (Å²) in [5.74, 6) is -0.852. The van der Waals surface area contributed by atoms with Crippen LogP contribution in [-0.4, -0.2) is 21.6 Å². The number of hydrogen-bond donors (Lipinski definition) is 3. The molecule has 2 amide bonds. The minimum absolute atomic E-state index is 0.144. The van der Waals surface area contributed by atoms with Gasteiger partial charge in [0.25, 0.3) is 11.8 Å². The molecule has 0 saturated carbocycles. The zero-order valence-electron chi connectivity index (χ0n) is 10.3. The first-order valence-corrected chi connectivity index (χ1v) is 5.48. The largest absolute Gasteiger partial charge is 0.398 e. The summed E-state index contributed by atoms with van der Waals surface area (Å²) in [7, 11) is 1.59. The van der Waals surface area contributed by atoms with E-state index in [0.29, 0.717) is 11.3 Å². The van der Waals surface area contributed by atoms with E-state index in [0.717, 1.165) is 0 Å². The topological polar surface area (TPSA) is 116 Å². The third kappa shape index (κ3) is 2.39. The molecule has 0 aliphatic carbocycles. The second-order valence-corrected chi connectivity index (χ2v) is 3.94. The number of nitrogen functional groups attached to an aromatic ring is 1. The van der Waals surface area contributed by atoms with Crippen molar-refractivity contribution in [3.8, 4) is 0 Å². The van der Waals surface area contributed by atoms with Crippen LogP contribution < -0.4 is 16.8 Å². The number of aryl methyl sites for hydroxylation is 1. The van der Waals surface area contributed by atoms with Gasteiger partial charge in [-0.15, -0.1) is 0 Å². The molecule has 2 aromatic rings. The highest BCUT2D eigenvalue weighted by atomic mass is 16.2. The molecule has 98 valence electrons. The Morgan fingerprint density at radius 2 is 1.95 bits per heavy atom. The molecule has 0 spiro atoms. The Morgan fingerprint density at radius 3 is 2.58 bits per heavy atom. The standard InChI is InChI=1S/C12H13N5O2/c1-17-11(8(6-15-17)10(14)18)16-12(19)7-4-2-3-5-9(7)13/h2-6H,13H2,1H3,(H2,14,18)(H,16,19). The van der Waals surface area contributed by atoms with Gasteiger partial charge in [-0.3, -0.25) is 14.3 Å². The molecule has 1 aromatic carbocycles. The van der Waals surface area contributed by atoms with Crippen molar-refractivity contribution in [1.29, 1.82) is 0 Å². The average Bonchev–Trinajstić information content (AvgIpc) is 2.71. The summed E-state index contributed by atoms with van der Waals surface area (Å²) in [6.07, 6.45) is 1.30. The van der Waals surface area contributed by atoms with Crippen molar-refractivity contribution in [2.75, 3.05) is 11.1 Å². The van der Waals surface area contributed by atoms with E-state index in [1.54, 1.807) is 31.3 Å². The molecule has 0 radical (unpaired) electrons. The van der Waals surface area contributed by atoms with Crippen LogP contribution >= 0.6 is 0 Å². The second-order valence-electron chi connectivity index (χ2n) is 3.94. The van der Waals surface area contributed by atoms with Crippen molar-refractivity contribution >= 4 is 23.3 Å². The summed E-state index contributed by atoms with van der Waals surface area (Å²) >= 11 is 0. The highest BCUT2D eigenvalue weighted by Gasteiger charge is 2.17. The lowest BCUT2D eigenvalue weighted by Crippen LogP contribution is -2.20. The third-order valence-electron chi connectivity index (χ3n) is 2.64. The number of nitrogens with one attached hydrogen (secondary N) is 1. The summed E-state index contributed by atoms with van der Waals surface area (Å²) in [4.78, 5) is 23.3. The Hall–Kier alpha value is -2.83. The lowest BCUT2D eigenvalue weighted by Gasteiger charge is -2.08.